The van der Waals surface area contributed by atoms with Gasteiger partial charge in [-0.3, -0.25) is 4.79 Å². The van der Waals surface area contributed by atoms with E-state index in [9.17, 15) is 35.4 Å². The predicted molar refractivity (Wildman–Crippen MR) is 187 cm³/mol. The topological polar surface area (TPSA) is 201 Å². The van der Waals surface area contributed by atoms with Gasteiger partial charge in [0.05, 0.1) is 30.8 Å². The molecule has 0 radical (unpaired) electrons. The zero-order valence-electron chi connectivity index (χ0n) is 28.5. The number of hydrogen-bond acceptors (Lipinski definition) is 15. The molecule has 6 aliphatic rings. The lowest BCUT2D eigenvalue weighted by molar-refractivity contribution is -0.454. The quantitative estimate of drug-likeness (QED) is 0.128. The molecule has 6 bridgehead atoms. The third-order valence-electron chi connectivity index (χ3n) is 12.3. The number of carbonyl (C=O) groups is 1. The van der Waals surface area contributed by atoms with Gasteiger partial charge >= 0.3 is 5.97 Å². The van der Waals surface area contributed by atoms with Crippen LogP contribution in [0.3, 0.4) is 0 Å². The maximum Gasteiger partial charge on any atom is 0.306 e. The van der Waals surface area contributed by atoms with Crippen molar-refractivity contribution in [3.63, 3.8) is 0 Å². The van der Waals surface area contributed by atoms with Gasteiger partial charge in [-0.2, -0.15) is 0 Å². The van der Waals surface area contributed by atoms with E-state index in [1.165, 1.54) is 17.1 Å². The Morgan fingerprint density at radius 3 is 2.78 bits per heavy atom. The number of nitrogens with one attached hydrogen (secondary N) is 1. The standard InChI is InChI=1S/C36H47NO12S2/c1-2-45-26(41)8-5-19-13-20-9-11-46-28(20)30-29(19)48-35-15-22-3-6-23(47-30)16-37-10-12-50-51-31(22)34(18-39,49-35)33(43)14-21-4-7-25(40)24(17-38)27(21)36(35,44)32(33)42/h9,11,13,15,21,23-25,27,31-32,37-40,42-44H,2-8,10,12,14,16-18H2,1H3/t21-,23+,24+,25-,27-,31+,32-,33-,34-,35+,36+/m0/s1. The molecule has 4 fully saturated rings. The molecular weight excluding hydrogens is 703 g/mol. The fraction of sp³-hybridized carbons (Fsp3) is 0.694. The molecule has 8 rings (SSSR count). The molecule has 2 saturated heterocycles. The normalized spacial score (nSPS) is 41.7. The average molecular weight is 750 g/mol. The molecule has 4 aliphatic heterocycles. The van der Waals surface area contributed by atoms with Crippen LogP contribution < -0.4 is 14.8 Å². The zero-order chi connectivity index (χ0) is 35.8. The third kappa shape index (κ3) is 5.24. The number of furan rings is 1. The van der Waals surface area contributed by atoms with Crippen LogP contribution in [-0.2, 0) is 20.7 Å². The van der Waals surface area contributed by atoms with Crippen LogP contribution in [0.4, 0.5) is 0 Å². The zero-order valence-corrected chi connectivity index (χ0v) is 30.1. The molecule has 13 nitrogen and oxygen atoms in total. The van der Waals surface area contributed by atoms with Gasteiger partial charge in [0.2, 0.25) is 5.75 Å². The summed E-state index contributed by atoms with van der Waals surface area (Å²) >= 11 is 0. The number of aliphatic hydroxyl groups excluding tert-OH is 4. The Balaban J connectivity index is 1.42. The number of ether oxygens (including phenoxy) is 4. The van der Waals surface area contributed by atoms with Gasteiger partial charge in [0.25, 0.3) is 5.79 Å². The number of hydrogen-bond donors (Lipinski definition) is 7. The second-order valence-corrected chi connectivity index (χ2v) is 17.5. The lowest BCUT2D eigenvalue weighted by Crippen LogP contribution is -2.91. The van der Waals surface area contributed by atoms with Crippen LogP contribution in [0.5, 0.6) is 11.5 Å². The largest absolute Gasteiger partial charge is 0.482 e. The van der Waals surface area contributed by atoms with Crippen molar-refractivity contribution in [2.45, 2.75) is 98.0 Å². The van der Waals surface area contributed by atoms with E-state index in [-0.39, 0.29) is 43.5 Å². The number of aliphatic hydroxyl groups is 6. The molecule has 1 aromatic carbocycles. The highest BCUT2D eigenvalue weighted by Crippen LogP contribution is 2.68. The minimum Gasteiger partial charge on any atom is -0.482 e. The van der Waals surface area contributed by atoms with Gasteiger partial charge in [0, 0.05) is 49.1 Å². The van der Waals surface area contributed by atoms with Crippen molar-refractivity contribution in [3.05, 3.63) is 35.6 Å². The fourth-order valence-corrected chi connectivity index (χ4v) is 13.0. The molecule has 2 aromatic rings. The first-order chi connectivity index (χ1) is 24.6. The number of rotatable bonds is 6. The van der Waals surface area contributed by atoms with E-state index >= 15 is 0 Å². The summed E-state index contributed by atoms with van der Waals surface area (Å²) in [6.07, 6.45) is 1.66. The molecule has 15 heteroatoms. The van der Waals surface area contributed by atoms with Gasteiger partial charge < -0.3 is 59.3 Å². The van der Waals surface area contributed by atoms with Crippen LogP contribution in [0.25, 0.3) is 11.0 Å². The number of esters is 1. The van der Waals surface area contributed by atoms with Gasteiger partial charge in [-0.25, -0.2) is 0 Å². The number of aryl methyl sites for hydroxylation is 1. The lowest BCUT2D eigenvalue weighted by atomic mass is 9.46. The first-order valence-electron chi connectivity index (χ1n) is 18.0. The molecule has 0 amide bonds. The first kappa shape index (κ1) is 36.0. The predicted octanol–water partition coefficient (Wildman–Crippen LogP) is 1.82. The molecule has 280 valence electrons. The molecule has 51 heavy (non-hydrogen) atoms. The van der Waals surface area contributed by atoms with Gasteiger partial charge in [-0.05, 0) is 75.1 Å². The Hall–Kier alpha value is -2.05. The van der Waals surface area contributed by atoms with E-state index in [0.29, 0.717) is 61.1 Å². The summed E-state index contributed by atoms with van der Waals surface area (Å²) in [6, 6.07) is 3.60. The SMILES string of the molecule is CCOC(=O)CCc1cc2ccoc2c2c1O[C@]13C=C4CC[C@H](CNCCSS[C@H]4[C@](CO)(O1)[C@]1(O)C[C@@H]4CC[C@H](O)[C@@H](CO)[C@H]4[C@@]3(O)[C@H]1O)O2. The summed E-state index contributed by atoms with van der Waals surface area (Å²) < 4.78 is 32.2. The summed E-state index contributed by atoms with van der Waals surface area (Å²) in [4.78, 5) is 12.7. The highest BCUT2D eigenvalue weighted by molar-refractivity contribution is 8.77. The molecule has 1 aromatic heterocycles. The maximum atomic E-state index is 13.4. The molecule has 0 unspecified atom stereocenters. The monoisotopic (exact) mass is 749 g/mol. The number of fused-ring (bicyclic) bond motifs is 12. The first-order valence-corrected chi connectivity index (χ1v) is 20.4. The van der Waals surface area contributed by atoms with Gasteiger partial charge in [0.15, 0.2) is 16.9 Å². The molecule has 1 spiro atoms. The lowest BCUT2D eigenvalue weighted by Gasteiger charge is -2.72. The van der Waals surface area contributed by atoms with Gasteiger partial charge in [-0.15, -0.1) is 0 Å². The van der Waals surface area contributed by atoms with Crippen LogP contribution in [0.1, 0.15) is 51.0 Å². The Morgan fingerprint density at radius 2 is 2.00 bits per heavy atom. The second-order valence-electron chi connectivity index (χ2n) is 14.9. The van der Waals surface area contributed by atoms with Crippen LogP contribution in [0, 0.1) is 17.8 Å². The Bertz CT molecular complexity index is 1690. The summed E-state index contributed by atoms with van der Waals surface area (Å²) in [7, 11) is 3.02. The van der Waals surface area contributed by atoms with E-state index < -0.39 is 77.0 Å². The Morgan fingerprint density at radius 1 is 1.16 bits per heavy atom. The van der Waals surface area contributed by atoms with Crippen LogP contribution in [-0.4, -0.2) is 121 Å². The van der Waals surface area contributed by atoms with E-state index in [4.69, 9.17) is 23.4 Å². The molecule has 2 saturated carbocycles. The van der Waals surface area contributed by atoms with Crippen molar-refractivity contribution in [2.75, 3.05) is 38.7 Å². The van der Waals surface area contributed by atoms with Crippen LogP contribution in [0.2, 0.25) is 0 Å². The van der Waals surface area contributed by atoms with Gasteiger partial charge in [0.1, 0.15) is 23.4 Å². The van der Waals surface area contributed by atoms with E-state index in [0.717, 1.165) is 5.57 Å². The summed E-state index contributed by atoms with van der Waals surface area (Å²) in [6.45, 7) is 1.91. The third-order valence-corrected chi connectivity index (χ3v) is 15.1. The Kier molecular flexibility index (Phi) is 9.42. The maximum absolute atomic E-state index is 13.4. The van der Waals surface area contributed by atoms with E-state index in [1.54, 1.807) is 29.9 Å². The highest BCUT2D eigenvalue weighted by atomic mass is 33.1. The minimum atomic E-state index is -2.45. The van der Waals surface area contributed by atoms with E-state index in [1.807, 2.05) is 6.07 Å². The summed E-state index contributed by atoms with van der Waals surface area (Å²) in [5.74, 6) is -4.02. The average Bonchev–Trinajstić information content (AvgIpc) is 3.57. The van der Waals surface area contributed by atoms with Crippen molar-refractivity contribution < 1.29 is 58.8 Å². The van der Waals surface area contributed by atoms with Crippen molar-refractivity contribution in [3.8, 4) is 11.5 Å². The number of benzene rings is 1. The molecule has 2 aliphatic carbocycles. The smallest absolute Gasteiger partial charge is 0.306 e. The van der Waals surface area contributed by atoms with Crippen LogP contribution >= 0.6 is 21.6 Å². The highest BCUT2D eigenvalue weighted by Gasteiger charge is 2.84. The van der Waals surface area contributed by atoms with Crippen molar-refractivity contribution in [2.24, 2.45) is 17.8 Å². The molecule has 5 heterocycles. The van der Waals surface area contributed by atoms with Crippen molar-refractivity contribution in [1.29, 1.82) is 0 Å². The van der Waals surface area contributed by atoms with Crippen molar-refractivity contribution in [1.82, 2.24) is 5.32 Å². The number of carbonyl (C=O) groups excluding carboxylic acids is 1. The summed E-state index contributed by atoms with van der Waals surface area (Å²) in [5, 5.41) is 75.9. The minimum absolute atomic E-state index is 0.000431. The fourth-order valence-electron chi connectivity index (χ4n) is 9.95. The van der Waals surface area contributed by atoms with Crippen molar-refractivity contribution >= 4 is 38.5 Å². The molecular formula is C36H47NO12S2. The summed E-state index contributed by atoms with van der Waals surface area (Å²) in [5.41, 5.74) is -4.80. The van der Waals surface area contributed by atoms with Gasteiger partial charge in [-0.1, -0.05) is 27.2 Å². The van der Waals surface area contributed by atoms with Crippen LogP contribution in [0.15, 0.2) is 34.5 Å². The molecule has 11 atom stereocenters. The Labute approximate surface area is 303 Å². The second kappa shape index (κ2) is 13.4. The molecule has 7 N–H and O–H groups in total. The van der Waals surface area contributed by atoms with E-state index in [2.05, 4.69) is 5.32 Å².